The van der Waals surface area contributed by atoms with Gasteiger partial charge in [-0.05, 0) is 43.4 Å². The fourth-order valence-electron chi connectivity index (χ4n) is 5.17. The van der Waals surface area contributed by atoms with Crippen molar-refractivity contribution in [1.29, 1.82) is 0 Å². The number of fused-ring (bicyclic) bond motifs is 4. The lowest BCUT2D eigenvalue weighted by Gasteiger charge is -2.48. The first-order valence-corrected chi connectivity index (χ1v) is 8.33. The van der Waals surface area contributed by atoms with Gasteiger partial charge in [0.2, 0.25) is 0 Å². The molecule has 2 saturated heterocycles. The Kier molecular flexibility index (Phi) is 3.61. The van der Waals surface area contributed by atoms with Crippen molar-refractivity contribution in [1.82, 2.24) is 0 Å². The maximum atomic E-state index is 11.6. The Balaban J connectivity index is 1.94. The van der Waals surface area contributed by atoms with E-state index in [1.165, 1.54) is 6.42 Å². The highest BCUT2D eigenvalue weighted by Gasteiger charge is 2.66. The van der Waals surface area contributed by atoms with E-state index in [1.54, 1.807) is 0 Å². The molecule has 21 heavy (non-hydrogen) atoms. The number of ether oxygens (including phenoxy) is 2. The van der Waals surface area contributed by atoms with E-state index in [1.807, 2.05) is 0 Å². The minimum absolute atomic E-state index is 0.172. The number of carbonyl (C=O) groups excluding carboxylic acids is 1. The number of hydrogen-bond acceptors (Lipinski definition) is 4. The molecule has 3 unspecified atom stereocenters. The van der Waals surface area contributed by atoms with Gasteiger partial charge >= 0.3 is 5.97 Å². The highest BCUT2D eigenvalue weighted by molar-refractivity contribution is 5.70. The van der Waals surface area contributed by atoms with Crippen LogP contribution in [0.15, 0.2) is 0 Å². The molecular formula is C17H28O4. The summed E-state index contributed by atoms with van der Waals surface area (Å²) in [6.07, 6.45) is 4.03. The molecule has 1 N–H and O–H groups in total. The van der Waals surface area contributed by atoms with Crippen LogP contribution in [0.5, 0.6) is 0 Å². The molecule has 0 amide bonds. The zero-order chi connectivity index (χ0) is 15.4. The van der Waals surface area contributed by atoms with Crippen molar-refractivity contribution in [2.75, 3.05) is 6.61 Å². The van der Waals surface area contributed by atoms with Crippen molar-refractivity contribution in [3.05, 3.63) is 0 Å². The summed E-state index contributed by atoms with van der Waals surface area (Å²) in [7, 11) is 0. The second-order valence-electron chi connectivity index (χ2n) is 7.88. The van der Waals surface area contributed by atoms with Crippen LogP contribution in [-0.2, 0) is 14.3 Å². The first-order valence-electron chi connectivity index (χ1n) is 8.33. The maximum Gasteiger partial charge on any atom is 0.332 e. The van der Waals surface area contributed by atoms with Gasteiger partial charge in [-0.3, -0.25) is 0 Å². The summed E-state index contributed by atoms with van der Waals surface area (Å²) in [4.78, 5) is 11.6. The van der Waals surface area contributed by atoms with E-state index in [0.717, 1.165) is 25.2 Å². The van der Waals surface area contributed by atoms with Gasteiger partial charge in [-0.2, -0.15) is 0 Å². The number of esters is 1. The Morgan fingerprint density at radius 1 is 1.38 bits per heavy atom. The van der Waals surface area contributed by atoms with Crippen molar-refractivity contribution in [2.24, 2.45) is 23.7 Å². The number of hydrogen-bond donors (Lipinski definition) is 1. The molecule has 2 bridgehead atoms. The Morgan fingerprint density at radius 3 is 2.71 bits per heavy atom. The lowest BCUT2D eigenvalue weighted by Crippen LogP contribution is -2.53. The third-order valence-electron chi connectivity index (χ3n) is 6.55. The van der Waals surface area contributed by atoms with E-state index in [0.29, 0.717) is 17.8 Å². The van der Waals surface area contributed by atoms with Crippen LogP contribution in [0.25, 0.3) is 0 Å². The largest absolute Gasteiger partial charge is 0.457 e. The Bertz CT molecular complexity index is 435. The minimum atomic E-state index is -0.550. The van der Waals surface area contributed by atoms with Crippen molar-refractivity contribution in [3.8, 4) is 0 Å². The van der Waals surface area contributed by atoms with Crippen molar-refractivity contribution in [3.63, 3.8) is 0 Å². The lowest BCUT2D eigenvalue weighted by atomic mass is 9.72. The van der Waals surface area contributed by atoms with E-state index < -0.39 is 12.6 Å². The normalized spacial score (nSPS) is 48.5. The first-order chi connectivity index (χ1) is 9.82. The fraction of sp³-hybridized carbons (Fsp3) is 0.941. The smallest absolute Gasteiger partial charge is 0.332 e. The molecule has 2 aliphatic heterocycles. The Morgan fingerprint density at radius 2 is 2.10 bits per heavy atom. The van der Waals surface area contributed by atoms with Crippen molar-refractivity contribution in [2.45, 2.75) is 70.7 Å². The average molecular weight is 296 g/mol. The highest BCUT2D eigenvalue weighted by Crippen LogP contribution is 2.62. The van der Waals surface area contributed by atoms with E-state index in [9.17, 15) is 4.79 Å². The van der Waals surface area contributed by atoms with Crippen LogP contribution in [0.2, 0.25) is 0 Å². The molecular weight excluding hydrogens is 268 g/mol. The third-order valence-corrected chi connectivity index (χ3v) is 6.55. The van der Waals surface area contributed by atoms with E-state index >= 15 is 0 Å². The summed E-state index contributed by atoms with van der Waals surface area (Å²) in [5.74, 6) is 1.74. The summed E-state index contributed by atoms with van der Waals surface area (Å²) in [6.45, 7) is 8.34. The minimum Gasteiger partial charge on any atom is -0.457 e. The number of aliphatic hydroxyl groups is 1. The quantitative estimate of drug-likeness (QED) is 0.813. The van der Waals surface area contributed by atoms with Crippen LogP contribution >= 0.6 is 0 Å². The van der Waals surface area contributed by atoms with Gasteiger partial charge in [0.05, 0.1) is 5.60 Å². The molecule has 6 atom stereocenters. The zero-order valence-corrected chi connectivity index (χ0v) is 13.6. The molecule has 4 heteroatoms. The molecule has 4 nitrogen and oxygen atoms in total. The van der Waals surface area contributed by atoms with Crippen molar-refractivity contribution >= 4 is 5.97 Å². The van der Waals surface area contributed by atoms with Crippen LogP contribution in [0, 0.1) is 23.7 Å². The highest BCUT2D eigenvalue weighted by atomic mass is 16.6. The van der Waals surface area contributed by atoms with Gasteiger partial charge in [0.1, 0.15) is 18.3 Å². The average Bonchev–Trinajstić information content (AvgIpc) is 2.90. The first kappa shape index (κ1) is 15.3. The van der Waals surface area contributed by atoms with Gasteiger partial charge in [-0.15, -0.1) is 0 Å². The van der Waals surface area contributed by atoms with Crippen LogP contribution in [0.1, 0.15) is 53.4 Å². The summed E-state index contributed by atoms with van der Waals surface area (Å²) in [6, 6.07) is 0. The second kappa shape index (κ2) is 4.95. The molecule has 0 aromatic rings. The second-order valence-corrected chi connectivity index (χ2v) is 7.88. The molecule has 2 heterocycles. The molecule has 0 radical (unpaired) electrons. The van der Waals surface area contributed by atoms with Gasteiger partial charge in [0, 0.05) is 6.42 Å². The molecule has 3 aliphatic rings. The van der Waals surface area contributed by atoms with Crippen molar-refractivity contribution < 1.29 is 19.4 Å². The predicted molar refractivity (Wildman–Crippen MR) is 78.6 cm³/mol. The molecule has 1 saturated carbocycles. The standard InChI is InChI=1S/C17H28O4/c1-10(2)17-7-12-11(3)5-6-13(12)16(4,21-17)14(8-17)20-15(19)9-18/h10-14,18H,5-9H2,1-4H3/t11-,12-,13-,14?,16?,17?/m1/s1. The van der Waals surface area contributed by atoms with Gasteiger partial charge in [-0.25, -0.2) is 4.79 Å². The number of carbonyl (C=O) groups is 1. The third kappa shape index (κ3) is 2.14. The molecule has 3 rings (SSSR count). The number of aliphatic hydroxyl groups excluding tert-OH is 1. The summed E-state index contributed by atoms with van der Waals surface area (Å²) < 4.78 is 12.2. The SMILES string of the molecule is CC(C)C12CC(OC(=O)CO)C(C)(O1)[C@@H]1CC[C@@H](C)[C@H]1C2. The van der Waals surface area contributed by atoms with Gasteiger partial charge in [-0.1, -0.05) is 27.2 Å². The fourth-order valence-corrected chi connectivity index (χ4v) is 5.17. The van der Waals surface area contributed by atoms with E-state index in [-0.39, 0.29) is 17.3 Å². The predicted octanol–water partition coefficient (Wildman–Crippen LogP) is 2.53. The van der Waals surface area contributed by atoms with E-state index in [4.69, 9.17) is 14.6 Å². The van der Waals surface area contributed by atoms with Gasteiger partial charge < -0.3 is 14.6 Å². The molecule has 120 valence electrons. The summed E-state index contributed by atoms with van der Waals surface area (Å²) in [5, 5.41) is 9.01. The molecule has 0 spiro atoms. The van der Waals surface area contributed by atoms with E-state index in [2.05, 4.69) is 27.7 Å². The Hall–Kier alpha value is -0.610. The summed E-state index contributed by atoms with van der Waals surface area (Å²) in [5.41, 5.74) is -0.558. The molecule has 1 aliphatic carbocycles. The van der Waals surface area contributed by atoms with Crippen LogP contribution in [0.3, 0.4) is 0 Å². The molecule has 0 aromatic heterocycles. The number of rotatable bonds is 3. The monoisotopic (exact) mass is 296 g/mol. The summed E-state index contributed by atoms with van der Waals surface area (Å²) >= 11 is 0. The van der Waals surface area contributed by atoms with Crippen LogP contribution in [0.4, 0.5) is 0 Å². The lowest BCUT2D eigenvalue weighted by molar-refractivity contribution is -0.214. The van der Waals surface area contributed by atoms with Crippen LogP contribution < -0.4 is 0 Å². The van der Waals surface area contributed by atoms with Crippen LogP contribution in [-0.4, -0.2) is 35.0 Å². The Labute approximate surface area is 127 Å². The molecule has 3 fully saturated rings. The van der Waals surface area contributed by atoms with Gasteiger partial charge in [0.25, 0.3) is 0 Å². The molecule has 0 aromatic carbocycles. The maximum absolute atomic E-state index is 11.6. The zero-order valence-electron chi connectivity index (χ0n) is 13.6. The topological polar surface area (TPSA) is 55.8 Å². The van der Waals surface area contributed by atoms with Gasteiger partial charge in [0.15, 0.2) is 0 Å².